The van der Waals surface area contributed by atoms with Gasteiger partial charge in [0.1, 0.15) is 5.75 Å². The highest BCUT2D eigenvalue weighted by atomic mass is 79.9. The molecule has 4 nitrogen and oxygen atoms in total. The summed E-state index contributed by atoms with van der Waals surface area (Å²) in [6, 6.07) is 5.94. The summed E-state index contributed by atoms with van der Waals surface area (Å²) in [6.07, 6.45) is 1.99. The second-order valence-electron chi connectivity index (χ2n) is 4.70. The molecule has 5 heteroatoms. The predicted molar refractivity (Wildman–Crippen MR) is 78.2 cm³/mol. The van der Waals surface area contributed by atoms with Gasteiger partial charge in [-0.25, -0.2) is 0 Å². The van der Waals surface area contributed by atoms with Gasteiger partial charge in [0, 0.05) is 23.6 Å². The van der Waals surface area contributed by atoms with Crippen molar-refractivity contribution in [1.82, 2.24) is 10.2 Å². The van der Waals surface area contributed by atoms with E-state index in [4.69, 9.17) is 4.74 Å². The fourth-order valence-corrected chi connectivity index (χ4v) is 2.98. The van der Waals surface area contributed by atoms with E-state index in [1.54, 1.807) is 14.2 Å². The average Bonchev–Trinajstić information content (AvgIpc) is 2.86. The summed E-state index contributed by atoms with van der Waals surface area (Å²) in [6.45, 7) is 1.69. The van der Waals surface area contributed by atoms with E-state index in [0.29, 0.717) is 0 Å². The maximum Gasteiger partial charge on any atom is 0.237 e. The van der Waals surface area contributed by atoms with Crippen molar-refractivity contribution in [1.29, 1.82) is 0 Å². The Labute approximate surface area is 122 Å². The molecule has 19 heavy (non-hydrogen) atoms. The lowest BCUT2D eigenvalue weighted by atomic mass is 10.1. The molecule has 0 aliphatic carbocycles. The third-order valence-electron chi connectivity index (χ3n) is 3.53. The van der Waals surface area contributed by atoms with Gasteiger partial charge >= 0.3 is 0 Å². The first-order valence-electron chi connectivity index (χ1n) is 6.43. The quantitative estimate of drug-likeness (QED) is 0.922. The molecule has 104 valence electrons. The summed E-state index contributed by atoms with van der Waals surface area (Å²) < 4.78 is 6.41. The number of rotatable bonds is 4. The van der Waals surface area contributed by atoms with Crippen molar-refractivity contribution in [2.75, 3.05) is 20.7 Å². The lowest BCUT2D eigenvalue weighted by Gasteiger charge is -2.24. The number of halogens is 1. The molecule has 1 aromatic rings. The van der Waals surface area contributed by atoms with E-state index < -0.39 is 0 Å². The van der Waals surface area contributed by atoms with Gasteiger partial charge in [-0.15, -0.1) is 0 Å². The van der Waals surface area contributed by atoms with E-state index in [1.165, 1.54) is 0 Å². The van der Waals surface area contributed by atoms with Crippen molar-refractivity contribution in [3.63, 3.8) is 0 Å². The normalized spacial score (nSPS) is 19.4. The predicted octanol–water partition coefficient (Wildman–Crippen LogP) is 2.17. The molecule has 0 radical (unpaired) electrons. The Morgan fingerprint density at radius 3 is 3.05 bits per heavy atom. The molecule has 0 bridgehead atoms. The minimum absolute atomic E-state index is 0.0197. The zero-order valence-corrected chi connectivity index (χ0v) is 12.9. The number of hydrogen-bond acceptors (Lipinski definition) is 3. The Morgan fingerprint density at radius 2 is 2.37 bits per heavy atom. The Hall–Kier alpha value is -1.07. The van der Waals surface area contributed by atoms with Crippen molar-refractivity contribution >= 4 is 21.8 Å². The van der Waals surface area contributed by atoms with Gasteiger partial charge < -0.3 is 10.1 Å². The minimum atomic E-state index is -0.0197. The molecule has 0 saturated carbocycles. The van der Waals surface area contributed by atoms with Crippen LogP contribution in [0.1, 0.15) is 18.4 Å². The highest BCUT2D eigenvalue weighted by molar-refractivity contribution is 9.10. The van der Waals surface area contributed by atoms with E-state index >= 15 is 0 Å². The smallest absolute Gasteiger partial charge is 0.237 e. The minimum Gasteiger partial charge on any atom is -0.496 e. The first-order valence-corrected chi connectivity index (χ1v) is 7.23. The molecule has 1 aliphatic rings. The molecule has 1 aromatic carbocycles. The van der Waals surface area contributed by atoms with Gasteiger partial charge in [-0.2, -0.15) is 0 Å². The highest BCUT2D eigenvalue weighted by Crippen LogP contribution is 2.27. The molecule has 0 aromatic heterocycles. The number of carbonyl (C=O) groups is 1. The molecule has 1 atom stereocenters. The number of likely N-dealkylation sites (N-methyl/N-ethyl adjacent to an activating group) is 1. The van der Waals surface area contributed by atoms with Crippen LogP contribution in [0.15, 0.2) is 22.7 Å². The van der Waals surface area contributed by atoms with Crippen LogP contribution in [0.25, 0.3) is 0 Å². The molecule has 1 fully saturated rings. The van der Waals surface area contributed by atoms with Gasteiger partial charge in [0.25, 0.3) is 0 Å². The van der Waals surface area contributed by atoms with Crippen molar-refractivity contribution < 1.29 is 9.53 Å². The van der Waals surface area contributed by atoms with Crippen LogP contribution < -0.4 is 10.1 Å². The third-order valence-corrected chi connectivity index (χ3v) is 4.02. The Morgan fingerprint density at radius 1 is 1.58 bits per heavy atom. The summed E-state index contributed by atoms with van der Waals surface area (Å²) in [4.78, 5) is 14.1. The van der Waals surface area contributed by atoms with E-state index in [0.717, 1.165) is 41.7 Å². The van der Waals surface area contributed by atoms with E-state index in [2.05, 4.69) is 32.2 Å². The van der Waals surface area contributed by atoms with Crippen molar-refractivity contribution in [3.05, 3.63) is 28.2 Å². The van der Waals surface area contributed by atoms with Crippen LogP contribution in [0.2, 0.25) is 0 Å². The molecule has 1 amide bonds. The SMILES string of the molecule is CNC(=O)C1CCCN1Cc1cc(Br)ccc1OC. The third kappa shape index (κ3) is 3.28. The summed E-state index contributed by atoms with van der Waals surface area (Å²) in [5.74, 6) is 0.970. The van der Waals surface area contributed by atoms with Gasteiger partial charge in [0.15, 0.2) is 0 Å². The molecule has 1 heterocycles. The average molecular weight is 327 g/mol. The number of nitrogens with one attached hydrogen (secondary N) is 1. The summed E-state index contributed by atoms with van der Waals surface area (Å²) in [5.41, 5.74) is 1.10. The van der Waals surface area contributed by atoms with E-state index in [-0.39, 0.29) is 11.9 Å². The van der Waals surface area contributed by atoms with Crippen LogP contribution in [0.4, 0.5) is 0 Å². The molecule has 2 rings (SSSR count). The molecular formula is C14H19BrN2O2. The number of likely N-dealkylation sites (tertiary alicyclic amines) is 1. The Bertz CT molecular complexity index is 465. The van der Waals surface area contributed by atoms with Gasteiger partial charge in [-0.05, 0) is 37.6 Å². The lowest BCUT2D eigenvalue weighted by Crippen LogP contribution is -2.41. The molecule has 0 spiro atoms. The Kier molecular flexibility index (Phi) is 4.82. The maximum absolute atomic E-state index is 11.8. The van der Waals surface area contributed by atoms with Gasteiger partial charge in [0.2, 0.25) is 5.91 Å². The van der Waals surface area contributed by atoms with Gasteiger partial charge in [0.05, 0.1) is 13.2 Å². The zero-order valence-electron chi connectivity index (χ0n) is 11.3. The van der Waals surface area contributed by atoms with Crippen LogP contribution >= 0.6 is 15.9 Å². The largest absolute Gasteiger partial charge is 0.496 e. The molecular weight excluding hydrogens is 308 g/mol. The summed E-state index contributed by atoms with van der Waals surface area (Å²) in [7, 11) is 3.37. The second kappa shape index (κ2) is 6.39. The number of carbonyl (C=O) groups excluding carboxylic acids is 1. The van der Waals surface area contributed by atoms with Gasteiger partial charge in [-0.1, -0.05) is 15.9 Å². The molecule has 1 aliphatic heterocycles. The number of methoxy groups -OCH3 is 1. The molecule has 1 N–H and O–H groups in total. The van der Waals surface area contributed by atoms with Crippen molar-refractivity contribution in [3.8, 4) is 5.75 Å². The van der Waals surface area contributed by atoms with Crippen LogP contribution in [0, 0.1) is 0 Å². The van der Waals surface area contributed by atoms with E-state index in [1.807, 2.05) is 12.1 Å². The highest BCUT2D eigenvalue weighted by Gasteiger charge is 2.30. The van der Waals surface area contributed by atoms with Crippen LogP contribution in [0.3, 0.4) is 0 Å². The molecule has 1 saturated heterocycles. The van der Waals surface area contributed by atoms with Crippen LogP contribution in [-0.2, 0) is 11.3 Å². The number of hydrogen-bond donors (Lipinski definition) is 1. The van der Waals surface area contributed by atoms with Crippen molar-refractivity contribution in [2.45, 2.75) is 25.4 Å². The van der Waals surface area contributed by atoms with Crippen LogP contribution in [0.5, 0.6) is 5.75 Å². The molecule has 1 unspecified atom stereocenters. The number of benzene rings is 1. The number of nitrogens with zero attached hydrogens (tertiary/aromatic N) is 1. The first-order chi connectivity index (χ1) is 9.15. The standard InChI is InChI=1S/C14H19BrN2O2/c1-16-14(18)12-4-3-7-17(12)9-10-8-11(15)5-6-13(10)19-2/h5-6,8,12H,3-4,7,9H2,1-2H3,(H,16,18). The van der Waals surface area contributed by atoms with Crippen LogP contribution in [-0.4, -0.2) is 37.6 Å². The Balaban J connectivity index is 2.16. The lowest BCUT2D eigenvalue weighted by molar-refractivity contribution is -0.125. The summed E-state index contributed by atoms with van der Waals surface area (Å²) in [5, 5.41) is 2.74. The van der Waals surface area contributed by atoms with E-state index in [9.17, 15) is 4.79 Å². The monoisotopic (exact) mass is 326 g/mol. The number of ether oxygens (including phenoxy) is 1. The number of amides is 1. The van der Waals surface area contributed by atoms with Gasteiger partial charge in [-0.3, -0.25) is 9.69 Å². The summed E-state index contributed by atoms with van der Waals surface area (Å²) >= 11 is 3.48. The maximum atomic E-state index is 11.8. The van der Waals surface area contributed by atoms with Crippen molar-refractivity contribution in [2.24, 2.45) is 0 Å². The fraction of sp³-hybridized carbons (Fsp3) is 0.500. The zero-order chi connectivity index (χ0) is 13.8. The second-order valence-corrected chi connectivity index (χ2v) is 5.61. The fourth-order valence-electron chi connectivity index (χ4n) is 2.57. The topological polar surface area (TPSA) is 41.6 Å². The first kappa shape index (κ1) is 14.3.